The Hall–Kier alpha value is -0.980. The van der Waals surface area contributed by atoms with E-state index in [1.165, 1.54) is 17.7 Å². The molecule has 1 heteroatoms. The minimum atomic E-state index is 0.776. The lowest BCUT2D eigenvalue weighted by Crippen LogP contribution is -2.04. The van der Waals surface area contributed by atoms with Gasteiger partial charge in [0.2, 0.25) is 0 Å². The van der Waals surface area contributed by atoms with Crippen LogP contribution in [0.3, 0.4) is 0 Å². The molecule has 0 saturated carbocycles. The summed E-state index contributed by atoms with van der Waals surface area (Å²) in [5.74, 6) is 0.776. The Morgan fingerprint density at radius 3 is 2.31 bits per heavy atom. The third kappa shape index (κ3) is 3.97. The molecular weight excluding hydrogens is 158 g/mol. The highest BCUT2D eigenvalue weighted by Gasteiger charge is 1.93. The molecule has 1 aromatic rings. The number of anilines is 1. The molecule has 0 radical (unpaired) electrons. The molecule has 0 aromatic heterocycles. The van der Waals surface area contributed by atoms with Gasteiger partial charge < -0.3 is 5.32 Å². The maximum atomic E-state index is 3.40. The second-order valence-electron chi connectivity index (χ2n) is 3.98. The quantitative estimate of drug-likeness (QED) is 0.742. The van der Waals surface area contributed by atoms with Crippen molar-refractivity contribution in [1.82, 2.24) is 0 Å². The predicted octanol–water partition coefficient (Wildman–Crippen LogP) is 3.45. The minimum absolute atomic E-state index is 0.776. The lowest BCUT2D eigenvalue weighted by molar-refractivity contribution is 0.607. The van der Waals surface area contributed by atoms with Gasteiger partial charge in [0.1, 0.15) is 0 Å². The fourth-order valence-electron chi connectivity index (χ4n) is 1.18. The molecule has 0 heterocycles. The highest BCUT2D eigenvalue weighted by atomic mass is 14.9. The summed E-state index contributed by atoms with van der Waals surface area (Å²) in [6.07, 6.45) is 1.23. The molecular formula is C12H19N. The maximum Gasteiger partial charge on any atom is 0.0340 e. The molecule has 0 saturated heterocycles. The fraction of sp³-hybridized carbons (Fsp3) is 0.500. The van der Waals surface area contributed by atoms with Crippen molar-refractivity contribution in [3.05, 3.63) is 29.8 Å². The highest BCUT2D eigenvalue weighted by Crippen LogP contribution is 2.09. The molecule has 0 atom stereocenters. The van der Waals surface area contributed by atoms with Crippen LogP contribution in [-0.4, -0.2) is 6.54 Å². The molecule has 0 bridgehead atoms. The smallest absolute Gasteiger partial charge is 0.0340 e. The van der Waals surface area contributed by atoms with E-state index in [1.807, 2.05) is 0 Å². The van der Waals surface area contributed by atoms with E-state index < -0.39 is 0 Å². The average Bonchev–Trinajstić information content (AvgIpc) is 2.08. The first-order chi connectivity index (χ1) is 6.18. The molecule has 0 aliphatic heterocycles. The Morgan fingerprint density at radius 2 is 1.77 bits per heavy atom. The van der Waals surface area contributed by atoms with Crippen LogP contribution in [0, 0.1) is 12.8 Å². The van der Waals surface area contributed by atoms with E-state index in [0.29, 0.717) is 0 Å². The van der Waals surface area contributed by atoms with E-state index in [1.54, 1.807) is 0 Å². The minimum Gasteiger partial charge on any atom is -0.385 e. The topological polar surface area (TPSA) is 12.0 Å². The first-order valence-electron chi connectivity index (χ1n) is 4.99. The summed E-state index contributed by atoms with van der Waals surface area (Å²) in [5.41, 5.74) is 2.54. The van der Waals surface area contributed by atoms with E-state index in [-0.39, 0.29) is 0 Å². The van der Waals surface area contributed by atoms with Gasteiger partial charge in [0.15, 0.2) is 0 Å². The Balaban J connectivity index is 2.33. The van der Waals surface area contributed by atoms with Gasteiger partial charge in [-0.05, 0) is 31.4 Å². The van der Waals surface area contributed by atoms with Gasteiger partial charge in [-0.25, -0.2) is 0 Å². The van der Waals surface area contributed by atoms with Crippen molar-refractivity contribution < 1.29 is 0 Å². The molecule has 0 aliphatic carbocycles. The Morgan fingerprint density at radius 1 is 1.15 bits per heavy atom. The zero-order chi connectivity index (χ0) is 9.68. The van der Waals surface area contributed by atoms with E-state index in [2.05, 4.69) is 50.4 Å². The molecule has 1 N–H and O–H groups in total. The SMILES string of the molecule is Cc1ccc(NCCC(C)C)cc1. The number of hydrogen-bond acceptors (Lipinski definition) is 1. The molecule has 1 nitrogen and oxygen atoms in total. The lowest BCUT2D eigenvalue weighted by Gasteiger charge is -2.08. The van der Waals surface area contributed by atoms with Crippen LogP contribution in [-0.2, 0) is 0 Å². The number of aryl methyl sites for hydroxylation is 1. The molecule has 0 amide bonds. The molecule has 0 fully saturated rings. The standard InChI is InChI=1S/C12H19N/c1-10(2)8-9-13-12-6-4-11(3)5-7-12/h4-7,10,13H,8-9H2,1-3H3. The second kappa shape index (κ2) is 4.90. The van der Waals surface area contributed by atoms with Crippen LogP contribution >= 0.6 is 0 Å². The first-order valence-corrected chi connectivity index (χ1v) is 4.99. The van der Waals surface area contributed by atoms with Gasteiger partial charge in [0.25, 0.3) is 0 Å². The number of benzene rings is 1. The van der Waals surface area contributed by atoms with Crippen LogP contribution in [0.5, 0.6) is 0 Å². The molecule has 0 spiro atoms. The van der Waals surface area contributed by atoms with Crippen molar-refractivity contribution in [2.45, 2.75) is 27.2 Å². The molecule has 13 heavy (non-hydrogen) atoms. The number of rotatable bonds is 4. The van der Waals surface area contributed by atoms with Crippen molar-refractivity contribution in [2.24, 2.45) is 5.92 Å². The number of hydrogen-bond donors (Lipinski definition) is 1. The fourth-order valence-corrected chi connectivity index (χ4v) is 1.18. The molecule has 0 unspecified atom stereocenters. The van der Waals surface area contributed by atoms with Crippen LogP contribution in [0.25, 0.3) is 0 Å². The first kappa shape index (κ1) is 10.1. The van der Waals surface area contributed by atoms with Crippen molar-refractivity contribution in [2.75, 3.05) is 11.9 Å². The zero-order valence-corrected chi connectivity index (χ0v) is 8.80. The van der Waals surface area contributed by atoms with Crippen molar-refractivity contribution in [3.8, 4) is 0 Å². The highest BCUT2D eigenvalue weighted by molar-refractivity contribution is 5.44. The zero-order valence-electron chi connectivity index (χ0n) is 8.80. The predicted molar refractivity (Wildman–Crippen MR) is 59.1 cm³/mol. The third-order valence-corrected chi connectivity index (χ3v) is 2.10. The summed E-state index contributed by atoms with van der Waals surface area (Å²) in [6, 6.07) is 8.54. The molecule has 0 aliphatic rings. The normalized spacial score (nSPS) is 10.5. The summed E-state index contributed by atoms with van der Waals surface area (Å²) in [7, 11) is 0. The van der Waals surface area contributed by atoms with E-state index in [4.69, 9.17) is 0 Å². The monoisotopic (exact) mass is 177 g/mol. The summed E-state index contributed by atoms with van der Waals surface area (Å²) < 4.78 is 0. The van der Waals surface area contributed by atoms with Crippen LogP contribution < -0.4 is 5.32 Å². The second-order valence-corrected chi connectivity index (χ2v) is 3.98. The van der Waals surface area contributed by atoms with Gasteiger partial charge >= 0.3 is 0 Å². The Kier molecular flexibility index (Phi) is 3.81. The van der Waals surface area contributed by atoms with E-state index in [0.717, 1.165) is 12.5 Å². The number of nitrogens with one attached hydrogen (secondary N) is 1. The summed E-state index contributed by atoms with van der Waals surface area (Å²) in [5, 5.41) is 3.40. The van der Waals surface area contributed by atoms with Crippen LogP contribution in [0.15, 0.2) is 24.3 Å². The Labute approximate surface area is 81.2 Å². The van der Waals surface area contributed by atoms with Gasteiger partial charge in [0, 0.05) is 12.2 Å². The molecule has 1 aromatic carbocycles. The average molecular weight is 177 g/mol. The molecule has 1 rings (SSSR count). The van der Waals surface area contributed by atoms with Gasteiger partial charge in [-0.15, -0.1) is 0 Å². The van der Waals surface area contributed by atoms with Gasteiger partial charge in [-0.1, -0.05) is 31.5 Å². The largest absolute Gasteiger partial charge is 0.385 e. The van der Waals surface area contributed by atoms with Crippen LogP contribution in [0.2, 0.25) is 0 Å². The van der Waals surface area contributed by atoms with Gasteiger partial charge in [-0.2, -0.15) is 0 Å². The summed E-state index contributed by atoms with van der Waals surface area (Å²) in [6.45, 7) is 7.67. The van der Waals surface area contributed by atoms with Gasteiger partial charge in [0.05, 0.1) is 0 Å². The van der Waals surface area contributed by atoms with Crippen molar-refractivity contribution in [1.29, 1.82) is 0 Å². The Bertz CT molecular complexity index is 236. The summed E-state index contributed by atoms with van der Waals surface area (Å²) in [4.78, 5) is 0. The van der Waals surface area contributed by atoms with Crippen molar-refractivity contribution >= 4 is 5.69 Å². The lowest BCUT2D eigenvalue weighted by atomic mass is 10.1. The molecule has 72 valence electrons. The van der Waals surface area contributed by atoms with Crippen LogP contribution in [0.1, 0.15) is 25.8 Å². The third-order valence-electron chi connectivity index (χ3n) is 2.10. The van der Waals surface area contributed by atoms with Gasteiger partial charge in [-0.3, -0.25) is 0 Å². The maximum absolute atomic E-state index is 3.40. The van der Waals surface area contributed by atoms with E-state index in [9.17, 15) is 0 Å². The summed E-state index contributed by atoms with van der Waals surface area (Å²) >= 11 is 0. The van der Waals surface area contributed by atoms with Crippen molar-refractivity contribution in [3.63, 3.8) is 0 Å². The van der Waals surface area contributed by atoms with E-state index >= 15 is 0 Å². The van der Waals surface area contributed by atoms with Crippen LogP contribution in [0.4, 0.5) is 5.69 Å².